The molecule has 0 aliphatic carbocycles. The van der Waals surface area contributed by atoms with Crippen molar-refractivity contribution >= 4 is 29.2 Å². The van der Waals surface area contributed by atoms with Gasteiger partial charge in [-0.3, -0.25) is 0 Å². The van der Waals surface area contributed by atoms with E-state index < -0.39 is 11.9 Å². The molecule has 0 unspecified atom stereocenters. The molecule has 146 valence electrons. The molecule has 0 N–H and O–H groups in total. The van der Waals surface area contributed by atoms with E-state index in [1.54, 1.807) is 0 Å². The van der Waals surface area contributed by atoms with E-state index in [0.717, 1.165) is 44.7 Å². The summed E-state index contributed by atoms with van der Waals surface area (Å²) >= 11 is 1.21. The summed E-state index contributed by atoms with van der Waals surface area (Å²) in [7, 11) is 2.12. The minimum Gasteiger partial charge on any atom is -0.543 e. The zero-order valence-corrected chi connectivity index (χ0v) is 21.8. The zero-order chi connectivity index (χ0) is 19.4. The summed E-state index contributed by atoms with van der Waals surface area (Å²) in [5.74, 6) is -3.72. The van der Waals surface area contributed by atoms with Crippen LogP contribution in [0.1, 0.15) is 31.9 Å². The number of likely N-dealkylation sites (N-methyl/N-ethyl adjacent to an activating group) is 1. The third-order valence-corrected chi connectivity index (χ3v) is 3.89. The molecule has 28 heavy (non-hydrogen) atoms. The molecule has 12 heteroatoms. The monoisotopic (exact) mass is 431 g/mol. The van der Waals surface area contributed by atoms with Crippen molar-refractivity contribution in [3.05, 3.63) is 11.8 Å². The molecule has 0 atom stereocenters. The smallest absolute Gasteiger partial charge is 0.543 e. The van der Waals surface area contributed by atoms with Crippen LogP contribution in [0.5, 0.6) is 5.88 Å². The zero-order valence-electron chi connectivity index (χ0n) is 16.9. The van der Waals surface area contributed by atoms with Gasteiger partial charge in [-0.05, 0) is 25.5 Å². The number of carboxylic acids is 2. The number of aliphatic carboxylic acids is 2. The molecule has 0 spiro atoms. The normalized spacial score (nSPS) is 13.1. The van der Waals surface area contributed by atoms with Gasteiger partial charge in [0.1, 0.15) is 12.3 Å². The fraction of sp³-hybridized carbons (Fsp3) is 0.625. The Morgan fingerprint density at radius 2 is 1.86 bits per heavy atom. The van der Waals surface area contributed by atoms with Crippen LogP contribution in [0.15, 0.2) is 6.08 Å². The van der Waals surface area contributed by atoms with Crippen molar-refractivity contribution in [1.29, 1.82) is 0 Å². The topological polar surface area (TPSA) is 128 Å². The van der Waals surface area contributed by atoms with Gasteiger partial charge in [-0.15, -0.1) is 4.37 Å². The predicted molar refractivity (Wildman–Crippen MR) is 91.2 cm³/mol. The average molecular weight is 431 g/mol. The number of carbonyl (C=O) groups excluding carboxylic acids is 2. The Kier molecular flexibility index (Phi) is 19.2. The fourth-order valence-electron chi connectivity index (χ4n) is 2.08. The maximum Gasteiger partial charge on any atom is 1.00 e. The number of hydrogen-bond donors (Lipinski definition) is 0. The van der Waals surface area contributed by atoms with Gasteiger partial charge in [0.05, 0.1) is 30.3 Å². The Morgan fingerprint density at radius 1 is 1.18 bits per heavy atom. The van der Waals surface area contributed by atoms with Crippen LogP contribution in [0.4, 0.5) is 0 Å². The molecule has 0 radical (unpaired) electrons. The minimum atomic E-state index is -2.19. The van der Waals surface area contributed by atoms with Gasteiger partial charge in [-0.2, -0.15) is 4.37 Å². The van der Waals surface area contributed by atoms with Crippen LogP contribution in [0, 0.1) is 0 Å². The number of nitrogens with zero attached hydrogens (tertiary/aromatic N) is 3. The second-order valence-electron chi connectivity index (χ2n) is 5.56. The minimum absolute atomic E-state index is 0. The van der Waals surface area contributed by atoms with Gasteiger partial charge in [0.25, 0.3) is 5.88 Å². The number of ether oxygens (including phenoxy) is 2. The SMILES string of the molecule is CCCCOCCOc1nsnc1C1=CCCN(C)C1.O=C([O-])C(=O)[O-].[Na+].[Na+]. The third kappa shape index (κ3) is 12.5. The molecular weight excluding hydrogens is 408 g/mol. The molecule has 1 aliphatic rings. The molecule has 0 aromatic carbocycles. The number of carboxylic acid groups (broad SMARTS) is 2. The van der Waals surface area contributed by atoms with Gasteiger partial charge < -0.3 is 34.2 Å². The maximum atomic E-state index is 8.93. The average Bonchev–Trinajstić information content (AvgIpc) is 3.07. The van der Waals surface area contributed by atoms with Crippen molar-refractivity contribution in [2.75, 3.05) is 40.0 Å². The van der Waals surface area contributed by atoms with Crippen LogP contribution in [0.3, 0.4) is 0 Å². The Bertz CT molecular complexity index is 603. The molecule has 1 aliphatic heterocycles. The first kappa shape index (κ1) is 30.2. The number of rotatable bonds is 8. The second kappa shape index (κ2) is 17.8. The maximum absolute atomic E-state index is 8.93. The quantitative estimate of drug-likeness (QED) is 0.224. The standard InChI is InChI=1S/C14H23N3O2S.C2H2O4.2Na/c1-3-4-8-18-9-10-19-14-13(15-20-16-14)12-6-5-7-17(2)11-12;3-1(4)2(5)6;;/h6H,3-5,7-11H2,1-2H3;(H,3,4)(H,5,6);;/q;;2*+1/p-2. The van der Waals surface area contributed by atoms with Crippen LogP contribution in [0.25, 0.3) is 5.57 Å². The summed E-state index contributed by atoms with van der Waals surface area (Å²) in [6.45, 7) is 6.11. The predicted octanol–water partition coefficient (Wildman–Crippen LogP) is -7.05. The first-order valence-corrected chi connectivity index (χ1v) is 9.02. The molecule has 0 saturated carbocycles. The second-order valence-corrected chi connectivity index (χ2v) is 6.09. The molecule has 0 amide bonds. The van der Waals surface area contributed by atoms with Gasteiger partial charge in [0.15, 0.2) is 0 Å². The van der Waals surface area contributed by atoms with E-state index >= 15 is 0 Å². The van der Waals surface area contributed by atoms with Crippen LogP contribution in [-0.4, -0.2) is 65.5 Å². The van der Waals surface area contributed by atoms with Crippen molar-refractivity contribution in [2.24, 2.45) is 0 Å². The number of unbranched alkanes of at least 4 members (excludes halogenated alkanes) is 1. The van der Waals surface area contributed by atoms with Gasteiger partial charge in [-0.25, -0.2) is 0 Å². The first-order chi connectivity index (χ1) is 12.5. The van der Waals surface area contributed by atoms with E-state index in [1.165, 1.54) is 17.3 Å². The summed E-state index contributed by atoms with van der Waals surface area (Å²) < 4.78 is 19.8. The van der Waals surface area contributed by atoms with Crippen molar-refractivity contribution in [2.45, 2.75) is 26.2 Å². The molecule has 0 saturated heterocycles. The largest absolute Gasteiger partial charge is 1.00 e. The van der Waals surface area contributed by atoms with E-state index in [9.17, 15) is 0 Å². The summed E-state index contributed by atoms with van der Waals surface area (Å²) in [5, 5.41) is 17.9. The number of hydrogen-bond acceptors (Lipinski definition) is 10. The molecule has 9 nitrogen and oxygen atoms in total. The third-order valence-electron chi connectivity index (χ3n) is 3.38. The van der Waals surface area contributed by atoms with E-state index in [4.69, 9.17) is 29.3 Å². The van der Waals surface area contributed by atoms with Crippen molar-refractivity contribution < 1.29 is 88.4 Å². The Hall–Kier alpha value is -0.0400. The summed E-state index contributed by atoms with van der Waals surface area (Å²) in [6.07, 6.45) is 5.55. The van der Waals surface area contributed by atoms with Gasteiger partial charge in [-0.1, -0.05) is 19.4 Å². The number of carbonyl (C=O) groups is 2. The Labute approximate surface area is 213 Å². The molecule has 1 aromatic rings. The van der Waals surface area contributed by atoms with Crippen molar-refractivity contribution in [1.82, 2.24) is 13.6 Å². The molecule has 1 aromatic heterocycles. The van der Waals surface area contributed by atoms with Crippen LogP contribution in [-0.2, 0) is 14.3 Å². The van der Waals surface area contributed by atoms with Gasteiger partial charge in [0.2, 0.25) is 0 Å². The van der Waals surface area contributed by atoms with E-state index in [0.29, 0.717) is 19.1 Å². The Morgan fingerprint density at radius 3 is 2.43 bits per heavy atom. The van der Waals surface area contributed by atoms with E-state index in [-0.39, 0.29) is 59.1 Å². The fourth-order valence-corrected chi connectivity index (χ4v) is 2.61. The van der Waals surface area contributed by atoms with Crippen molar-refractivity contribution in [3.8, 4) is 5.88 Å². The molecule has 0 fully saturated rings. The van der Waals surface area contributed by atoms with Gasteiger partial charge in [0, 0.05) is 19.7 Å². The van der Waals surface area contributed by atoms with Crippen molar-refractivity contribution in [3.63, 3.8) is 0 Å². The van der Waals surface area contributed by atoms with Crippen LogP contribution < -0.4 is 74.1 Å². The van der Waals surface area contributed by atoms with Crippen LogP contribution in [0.2, 0.25) is 0 Å². The molecule has 2 rings (SSSR count). The molecule has 2 heterocycles. The molecular formula is C16H23N3Na2O6S. The summed E-state index contributed by atoms with van der Waals surface area (Å²) in [4.78, 5) is 20.1. The summed E-state index contributed by atoms with van der Waals surface area (Å²) in [6, 6.07) is 0. The Balaban J connectivity index is 0. The molecule has 0 bridgehead atoms. The van der Waals surface area contributed by atoms with E-state index in [1.807, 2.05) is 0 Å². The number of aromatic nitrogens is 2. The van der Waals surface area contributed by atoms with Gasteiger partial charge >= 0.3 is 59.1 Å². The van der Waals surface area contributed by atoms with Crippen LogP contribution >= 0.6 is 11.7 Å². The van der Waals surface area contributed by atoms with E-state index in [2.05, 4.69) is 33.7 Å². The summed E-state index contributed by atoms with van der Waals surface area (Å²) in [5.41, 5.74) is 2.12. The first-order valence-electron chi connectivity index (χ1n) is 8.29.